The second-order valence-corrected chi connectivity index (χ2v) is 7.13. The lowest BCUT2D eigenvalue weighted by Gasteiger charge is -2.48. The molecule has 1 unspecified atom stereocenters. The van der Waals surface area contributed by atoms with Gasteiger partial charge < -0.3 is 5.73 Å². The molecule has 0 aromatic heterocycles. The Hall–Kier alpha value is -0.860. The van der Waals surface area contributed by atoms with E-state index in [1.165, 1.54) is 62.5 Å². The van der Waals surface area contributed by atoms with E-state index in [1.54, 1.807) is 0 Å². The van der Waals surface area contributed by atoms with Gasteiger partial charge in [-0.3, -0.25) is 4.90 Å². The van der Waals surface area contributed by atoms with E-state index in [0.717, 1.165) is 19.0 Å². The summed E-state index contributed by atoms with van der Waals surface area (Å²) >= 11 is 0. The van der Waals surface area contributed by atoms with E-state index >= 15 is 0 Å². The van der Waals surface area contributed by atoms with Crippen molar-refractivity contribution in [3.8, 4) is 0 Å². The Morgan fingerprint density at radius 1 is 1.10 bits per heavy atom. The molecule has 2 nitrogen and oxygen atoms in total. The minimum atomic E-state index is 0.184. The maximum Gasteiger partial charge on any atom is 0.0375 e. The molecule has 1 aromatic rings. The van der Waals surface area contributed by atoms with Crippen LogP contribution in [-0.4, -0.2) is 30.1 Å². The van der Waals surface area contributed by atoms with Crippen LogP contribution in [0.15, 0.2) is 24.3 Å². The number of rotatable bonds is 3. The Bertz CT molecular complexity index is 462. The predicted molar refractivity (Wildman–Crippen MR) is 89.5 cm³/mol. The number of aryl methyl sites for hydroxylation is 1. The highest BCUT2D eigenvalue weighted by atomic mass is 15.2. The Balaban J connectivity index is 1.80. The zero-order valence-electron chi connectivity index (χ0n) is 13.5. The van der Waals surface area contributed by atoms with Crippen molar-refractivity contribution < 1.29 is 0 Å². The Morgan fingerprint density at radius 3 is 2.43 bits per heavy atom. The van der Waals surface area contributed by atoms with Gasteiger partial charge in [-0.1, -0.05) is 49.9 Å². The Labute approximate surface area is 129 Å². The average molecular weight is 286 g/mol. The molecule has 2 heteroatoms. The Morgan fingerprint density at radius 2 is 1.76 bits per heavy atom. The third-order valence-corrected chi connectivity index (χ3v) is 6.00. The van der Waals surface area contributed by atoms with E-state index in [9.17, 15) is 0 Å². The first-order chi connectivity index (χ1) is 10.2. The molecule has 1 saturated carbocycles. The molecule has 0 radical (unpaired) electrons. The first-order valence-electron chi connectivity index (χ1n) is 8.75. The van der Waals surface area contributed by atoms with Gasteiger partial charge in [0.05, 0.1) is 0 Å². The molecule has 116 valence electrons. The zero-order chi connectivity index (χ0) is 14.7. The van der Waals surface area contributed by atoms with Crippen molar-refractivity contribution in [1.29, 1.82) is 0 Å². The van der Waals surface area contributed by atoms with E-state index in [4.69, 9.17) is 5.73 Å². The first-order valence-corrected chi connectivity index (χ1v) is 8.75. The van der Waals surface area contributed by atoms with Gasteiger partial charge in [0, 0.05) is 18.1 Å². The van der Waals surface area contributed by atoms with Crippen molar-refractivity contribution in [2.75, 3.05) is 13.6 Å². The molecule has 2 N–H and O–H groups in total. The molecular formula is C19H30N2. The van der Waals surface area contributed by atoms with Crippen LogP contribution in [0, 0.1) is 0 Å². The van der Waals surface area contributed by atoms with Crippen molar-refractivity contribution in [1.82, 2.24) is 4.90 Å². The number of hydrogen-bond donors (Lipinski definition) is 1. The molecular weight excluding hydrogens is 256 g/mol. The molecule has 0 bridgehead atoms. The van der Waals surface area contributed by atoms with Crippen LogP contribution in [0.4, 0.5) is 0 Å². The molecule has 0 saturated heterocycles. The lowest BCUT2D eigenvalue weighted by atomic mass is 9.76. The zero-order valence-corrected chi connectivity index (χ0v) is 13.5. The van der Waals surface area contributed by atoms with E-state index < -0.39 is 0 Å². The lowest BCUT2D eigenvalue weighted by molar-refractivity contribution is 0.0562. The molecule has 1 fully saturated rings. The number of nitrogens with two attached hydrogens (primary N) is 1. The summed E-state index contributed by atoms with van der Waals surface area (Å²) in [6, 6.07) is 9.68. The topological polar surface area (TPSA) is 29.3 Å². The maximum atomic E-state index is 6.30. The van der Waals surface area contributed by atoms with Crippen molar-refractivity contribution in [3.63, 3.8) is 0 Å². The van der Waals surface area contributed by atoms with Gasteiger partial charge in [-0.15, -0.1) is 0 Å². The molecule has 0 spiro atoms. The summed E-state index contributed by atoms with van der Waals surface area (Å²) in [4.78, 5) is 2.67. The van der Waals surface area contributed by atoms with Gasteiger partial charge in [0.25, 0.3) is 0 Å². The van der Waals surface area contributed by atoms with E-state index in [1.807, 2.05) is 0 Å². The summed E-state index contributed by atoms with van der Waals surface area (Å²) in [6.45, 7) is 0.786. The number of hydrogen-bond acceptors (Lipinski definition) is 2. The van der Waals surface area contributed by atoms with Crippen LogP contribution >= 0.6 is 0 Å². The van der Waals surface area contributed by atoms with Gasteiger partial charge >= 0.3 is 0 Å². The second-order valence-electron chi connectivity index (χ2n) is 7.13. The van der Waals surface area contributed by atoms with E-state index in [2.05, 4.69) is 36.2 Å². The van der Waals surface area contributed by atoms with Crippen molar-refractivity contribution in [2.24, 2.45) is 5.73 Å². The molecule has 0 aliphatic heterocycles. The highest BCUT2D eigenvalue weighted by Gasteiger charge is 2.39. The minimum Gasteiger partial charge on any atom is -0.329 e. The molecule has 2 aliphatic carbocycles. The molecule has 0 amide bonds. The SMILES string of the molecule is CN(C1CCCCCC1)C1(CN)CCc2ccccc2C1. The second kappa shape index (κ2) is 6.50. The maximum absolute atomic E-state index is 6.30. The van der Waals surface area contributed by atoms with Crippen LogP contribution in [0.3, 0.4) is 0 Å². The largest absolute Gasteiger partial charge is 0.329 e. The normalized spacial score (nSPS) is 27.4. The van der Waals surface area contributed by atoms with Gasteiger partial charge in [0.1, 0.15) is 0 Å². The summed E-state index contributed by atoms with van der Waals surface area (Å²) < 4.78 is 0. The number of benzene rings is 1. The number of fused-ring (bicyclic) bond motifs is 1. The highest BCUT2D eigenvalue weighted by molar-refractivity contribution is 5.32. The van der Waals surface area contributed by atoms with Crippen LogP contribution < -0.4 is 5.73 Å². The van der Waals surface area contributed by atoms with Crippen LogP contribution in [0.1, 0.15) is 56.1 Å². The summed E-state index contributed by atoms with van der Waals surface area (Å²) in [7, 11) is 2.34. The summed E-state index contributed by atoms with van der Waals surface area (Å²) in [6.07, 6.45) is 11.9. The highest BCUT2D eigenvalue weighted by Crippen LogP contribution is 2.35. The Kier molecular flexibility index (Phi) is 4.66. The quantitative estimate of drug-likeness (QED) is 0.861. The number of nitrogens with zero attached hydrogens (tertiary/aromatic N) is 1. The number of likely N-dealkylation sites (N-methyl/N-ethyl adjacent to an activating group) is 1. The van der Waals surface area contributed by atoms with Gasteiger partial charge in [-0.05, 0) is 50.3 Å². The summed E-state index contributed by atoms with van der Waals surface area (Å²) in [5, 5.41) is 0. The van der Waals surface area contributed by atoms with Gasteiger partial charge in [-0.25, -0.2) is 0 Å². The average Bonchev–Trinajstić information content (AvgIpc) is 2.82. The van der Waals surface area contributed by atoms with Gasteiger partial charge in [0.2, 0.25) is 0 Å². The molecule has 3 rings (SSSR count). The third kappa shape index (κ3) is 3.02. The molecule has 1 aromatic carbocycles. The molecule has 2 aliphatic rings. The fourth-order valence-corrected chi connectivity index (χ4v) is 4.44. The first kappa shape index (κ1) is 15.1. The van der Waals surface area contributed by atoms with Crippen LogP contribution in [0.5, 0.6) is 0 Å². The standard InChI is InChI=1S/C19H30N2/c1-21(18-10-4-2-3-5-11-18)19(15-20)13-12-16-8-6-7-9-17(16)14-19/h6-9,18H,2-5,10-15,20H2,1H3. The fourth-order valence-electron chi connectivity index (χ4n) is 4.44. The summed E-state index contributed by atoms with van der Waals surface area (Å²) in [5.74, 6) is 0. The predicted octanol–water partition coefficient (Wildman–Crippen LogP) is 3.53. The molecule has 21 heavy (non-hydrogen) atoms. The van der Waals surface area contributed by atoms with E-state index in [0.29, 0.717) is 0 Å². The molecule has 0 heterocycles. The minimum absolute atomic E-state index is 0.184. The van der Waals surface area contributed by atoms with Crippen LogP contribution in [0.25, 0.3) is 0 Å². The molecule has 1 atom stereocenters. The van der Waals surface area contributed by atoms with Crippen LogP contribution in [-0.2, 0) is 12.8 Å². The third-order valence-electron chi connectivity index (χ3n) is 6.00. The van der Waals surface area contributed by atoms with Crippen molar-refractivity contribution in [3.05, 3.63) is 35.4 Å². The van der Waals surface area contributed by atoms with Crippen LogP contribution in [0.2, 0.25) is 0 Å². The monoisotopic (exact) mass is 286 g/mol. The van der Waals surface area contributed by atoms with Crippen molar-refractivity contribution in [2.45, 2.75) is 69.4 Å². The fraction of sp³-hybridized carbons (Fsp3) is 0.684. The van der Waals surface area contributed by atoms with E-state index in [-0.39, 0.29) is 5.54 Å². The smallest absolute Gasteiger partial charge is 0.0375 e. The summed E-state index contributed by atoms with van der Waals surface area (Å²) in [5.41, 5.74) is 9.54. The lowest BCUT2D eigenvalue weighted by Crippen LogP contribution is -2.58. The van der Waals surface area contributed by atoms with Gasteiger partial charge in [0.15, 0.2) is 0 Å². The van der Waals surface area contributed by atoms with Gasteiger partial charge in [-0.2, -0.15) is 0 Å². The van der Waals surface area contributed by atoms with Crippen molar-refractivity contribution >= 4 is 0 Å².